The largest absolute Gasteiger partial charge is 0.389 e. The molecule has 0 aliphatic heterocycles. The van der Waals surface area contributed by atoms with E-state index in [0.29, 0.717) is 28.9 Å². The van der Waals surface area contributed by atoms with Crippen molar-refractivity contribution in [3.05, 3.63) is 77.3 Å². The Morgan fingerprint density at radius 2 is 1.84 bits per heavy atom. The van der Waals surface area contributed by atoms with Crippen molar-refractivity contribution < 1.29 is 22.0 Å². The summed E-state index contributed by atoms with van der Waals surface area (Å²) in [6.07, 6.45) is -2.96. The van der Waals surface area contributed by atoms with Crippen molar-refractivity contribution in [3.63, 3.8) is 0 Å². The molecule has 1 heterocycles. The summed E-state index contributed by atoms with van der Waals surface area (Å²) in [4.78, 5) is 4.28. The zero-order valence-corrected chi connectivity index (χ0v) is 18.2. The van der Waals surface area contributed by atoms with Gasteiger partial charge in [-0.05, 0) is 60.6 Å². The van der Waals surface area contributed by atoms with Crippen molar-refractivity contribution in [3.8, 4) is 0 Å². The lowest BCUT2D eigenvalue weighted by Crippen LogP contribution is -2.20. The van der Waals surface area contributed by atoms with Gasteiger partial charge in [0.05, 0.1) is 18.2 Å². The van der Waals surface area contributed by atoms with Crippen LogP contribution in [0.25, 0.3) is 0 Å². The Morgan fingerprint density at radius 3 is 2.42 bits per heavy atom. The molecule has 170 valence electrons. The van der Waals surface area contributed by atoms with E-state index in [9.17, 15) is 22.0 Å². The fourth-order valence-corrected chi connectivity index (χ4v) is 3.61. The number of nitrogens with zero attached hydrogens (tertiary/aromatic N) is 1. The minimum Gasteiger partial charge on any atom is -0.380 e. The van der Waals surface area contributed by atoms with Crippen molar-refractivity contribution in [1.82, 2.24) is 10.3 Å². The van der Waals surface area contributed by atoms with Crippen LogP contribution >= 0.6 is 0 Å². The molecule has 31 heavy (non-hydrogen) atoms. The molecule has 1 aliphatic carbocycles. The molecule has 4 unspecified atom stereocenters. The highest BCUT2D eigenvalue weighted by atomic mass is 19.4. The summed E-state index contributed by atoms with van der Waals surface area (Å²) in [5.41, 5.74) is 2.26. The van der Waals surface area contributed by atoms with Crippen molar-refractivity contribution >= 4 is 0 Å². The van der Waals surface area contributed by atoms with Crippen LogP contribution < -0.4 is 5.32 Å². The van der Waals surface area contributed by atoms with Crippen LogP contribution in [0.5, 0.6) is 0 Å². The van der Waals surface area contributed by atoms with E-state index in [4.69, 9.17) is 0 Å². The van der Waals surface area contributed by atoms with Gasteiger partial charge in [0.15, 0.2) is 0 Å². The van der Waals surface area contributed by atoms with Gasteiger partial charge in [-0.3, -0.25) is 4.98 Å². The zero-order valence-electron chi connectivity index (χ0n) is 18.2. The average molecular weight is 441 g/mol. The van der Waals surface area contributed by atoms with Crippen molar-refractivity contribution in [2.75, 3.05) is 0 Å². The Morgan fingerprint density at radius 1 is 1.16 bits per heavy atom. The molecule has 0 radical (unpaired) electrons. The summed E-state index contributed by atoms with van der Waals surface area (Å²) in [5.74, 6) is -1.67. The highest BCUT2D eigenvalue weighted by Crippen LogP contribution is 2.51. The maximum atomic E-state index is 13.9. The smallest absolute Gasteiger partial charge is 0.380 e. The molecule has 2 nitrogen and oxygen atoms in total. The fourth-order valence-electron chi connectivity index (χ4n) is 3.61. The van der Waals surface area contributed by atoms with Crippen LogP contribution in [0.2, 0.25) is 0 Å². The molecule has 0 amide bonds. The lowest BCUT2D eigenvalue weighted by molar-refractivity contribution is -0.137. The van der Waals surface area contributed by atoms with Gasteiger partial charge in [0.1, 0.15) is 11.6 Å². The predicted octanol–water partition coefficient (Wildman–Crippen LogP) is 7.41. The molecule has 0 bridgehead atoms. The number of halogens is 5. The number of benzene rings is 1. The third kappa shape index (κ3) is 6.77. The molecule has 1 aromatic heterocycles. The molecule has 1 aliphatic rings. The van der Waals surface area contributed by atoms with Gasteiger partial charge in [0, 0.05) is 17.8 Å². The molecule has 4 atom stereocenters. The number of pyridine rings is 1. The molecule has 1 saturated carbocycles. The van der Waals surface area contributed by atoms with Crippen LogP contribution in [0.1, 0.15) is 75.2 Å². The second-order valence-corrected chi connectivity index (χ2v) is 7.74. The van der Waals surface area contributed by atoms with Gasteiger partial charge in [-0.15, -0.1) is 0 Å². The maximum absolute atomic E-state index is 13.9. The minimum atomic E-state index is -4.22. The summed E-state index contributed by atoms with van der Waals surface area (Å²) < 4.78 is 65.0. The number of nitrogens with one attached hydrogen (secondary N) is 1. The normalized spacial score (nSPS) is 19.6. The minimum absolute atomic E-state index is 0.000156. The Kier molecular flexibility index (Phi) is 8.21. The van der Waals surface area contributed by atoms with Crippen molar-refractivity contribution in [2.45, 2.75) is 64.6 Å². The van der Waals surface area contributed by atoms with Gasteiger partial charge in [0.25, 0.3) is 0 Å². The number of rotatable bonds is 7. The van der Waals surface area contributed by atoms with E-state index in [-0.39, 0.29) is 17.9 Å². The molecule has 0 saturated heterocycles. The van der Waals surface area contributed by atoms with Gasteiger partial charge in [-0.25, -0.2) is 8.78 Å². The zero-order chi connectivity index (χ0) is 23.3. The van der Waals surface area contributed by atoms with Gasteiger partial charge >= 0.3 is 6.18 Å². The first-order valence-corrected chi connectivity index (χ1v) is 10.5. The standard InChI is InChI=1S/C22H23F5N2.C2H6/c1-12(10-22(25,26)27)15-4-7-21(28-11-15)14(3)29-13(2)17-9-18(17)19-8-16(23)5-6-20(19)24;1-2/h4-8,11-12,14,17-18,29H,2,9-10H2,1,3H3;1-2H3. The summed E-state index contributed by atoms with van der Waals surface area (Å²) in [7, 11) is 0. The van der Waals surface area contributed by atoms with Gasteiger partial charge in [-0.2, -0.15) is 13.2 Å². The van der Waals surface area contributed by atoms with E-state index in [2.05, 4.69) is 16.9 Å². The van der Waals surface area contributed by atoms with Crippen LogP contribution in [-0.4, -0.2) is 11.2 Å². The summed E-state index contributed by atoms with van der Waals surface area (Å²) in [6.45, 7) is 11.4. The second-order valence-electron chi connectivity index (χ2n) is 7.74. The molecule has 3 rings (SSSR count). The second kappa shape index (κ2) is 10.2. The van der Waals surface area contributed by atoms with E-state index in [1.807, 2.05) is 20.8 Å². The van der Waals surface area contributed by atoms with Crippen molar-refractivity contribution in [1.29, 1.82) is 0 Å². The molecule has 7 heteroatoms. The van der Waals surface area contributed by atoms with E-state index in [1.165, 1.54) is 19.2 Å². The van der Waals surface area contributed by atoms with Gasteiger partial charge in [0.2, 0.25) is 0 Å². The number of aromatic nitrogens is 1. The van der Waals surface area contributed by atoms with E-state index in [1.54, 1.807) is 12.1 Å². The highest BCUT2D eigenvalue weighted by Gasteiger charge is 2.42. The summed E-state index contributed by atoms with van der Waals surface area (Å²) in [6, 6.07) is 6.58. The predicted molar refractivity (Wildman–Crippen MR) is 113 cm³/mol. The van der Waals surface area contributed by atoms with E-state index < -0.39 is 30.1 Å². The third-order valence-corrected chi connectivity index (χ3v) is 5.36. The highest BCUT2D eigenvalue weighted by molar-refractivity contribution is 5.32. The lowest BCUT2D eigenvalue weighted by Gasteiger charge is -2.19. The molecular weight excluding hydrogens is 411 g/mol. The molecule has 2 aromatic rings. The Hall–Kier alpha value is -2.44. The van der Waals surface area contributed by atoms with Crippen LogP contribution in [-0.2, 0) is 0 Å². The first-order chi connectivity index (χ1) is 14.5. The molecule has 1 fully saturated rings. The topological polar surface area (TPSA) is 24.9 Å². The number of allylic oxidation sites excluding steroid dienone is 1. The average Bonchev–Trinajstić information content (AvgIpc) is 3.51. The van der Waals surface area contributed by atoms with Crippen LogP contribution in [0.4, 0.5) is 22.0 Å². The monoisotopic (exact) mass is 440 g/mol. The quantitative estimate of drug-likeness (QED) is 0.454. The Bertz CT molecular complexity index is 877. The van der Waals surface area contributed by atoms with Gasteiger partial charge in [-0.1, -0.05) is 33.4 Å². The van der Waals surface area contributed by atoms with Crippen molar-refractivity contribution in [2.24, 2.45) is 5.92 Å². The first kappa shape index (κ1) is 24.8. The summed E-state index contributed by atoms with van der Waals surface area (Å²) >= 11 is 0. The Labute approximate surface area is 180 Å². The summed E-state index contributed by atoms with van der Waals surface area (Å²) in [5, 5.41) is 3.23. The Balaban J connectivity index is 0.00000166. The number of hydrogen-bond donors (Lipinski definition) is 1. The van der Waals surface area contributed by atoms with Crippen LogP contribution in [0, 0.1) is 17.6 Å². The van der Waals surface area contributed by atoms with Gasteiger partial charge < -0.3 is 5.32 Å². The molecular formula is C24H29F5N2. The SMILES string of the molecule is C=C(NC(C)c1ccc(C(C)CC(F)(F)F)cn1)C1CC1c1cc(F)ccc1F.CC. The third-order valence-electron chi connectivity index (χ3n) is 5.36. The molecule has 1 aromatic carbocycles. The number of alkyl halides is 3. The van der Waals surface area contributed by atoms with E-state index >= 15 is 0 Å². The fraction of sp³-hybridized carbons (Fsp3) is 0.458. The first-order valence-electron chi connectivity index (χ1n) is 10.5. The molecule has 1 N–H and O–H groups in total. The molecule has 0 spiro atoms. The van der Waals surface area contributed by atoms with E-state index in [0.717, 1.165) is 12.1 Å². The number of hydrogen-bond acceptors (Lipinski definition) is 2. The lowest BCUT2D eigenvalue weighted by atomic mass is 9.98. The maximum Gasteiger partial charge on any atom is 0.389 e. The van der Waals surface area contributed by atoms with Crippen LogP contribution in [0.3, 0.4) is 0 Å². The van der Waals surface area contributed by atoms with Crippen LogP contribution in [0.15, 0.2) is 48.8 Å².